The SMILES string of the molecule is CC(C#N)CS(=O)c1ccc([N+](=O)[O-])cc1. The molecule has 2 unspecified atom stereocenters. The molecule has 2 atom stereocenters. The highest BCUT2D eigenvalue weighted by Gasteiger charge is 2.11. The van der Waals surface area contributed by atoms with E-state index in [4.69, 9.17) is 5.26 Å². The largest absolute Gasteiger partial charge is 0.269 e. The van der Waals surface area contributed by atoms with Crippen molar-refractivity contribution < 1.29 is 9.13 Å². The fourth-order valence-corrected chi connectivity index (χ4v) is 2.24. The van der Waals surface area contributed by atoms with Gasteiger partial charge in [-0.25, -0.2) is 0 Å². The molecular weight excluding hydrogens is 228 g/mol. The van der Waals surface area contributed by atoms with Crippen molar-refractivity contribution in [2.24, 2.45) is 5.92 Å². The standard InChI is InChI=1S/C10H10N2O3S/c1-8(6-11)7-16(15)10-4-2-9(3-5-10)12(13)14/h2-5,8H,7H2,1H3. The van der Waals surface area contributed by atoms with Crippen molar-refractivity contribution in [2.45, 2.75) is 11.8 Å². The predicted molar refractivity (Wildman–Crippen MR) is 59.1 cm³/mol. The summed E-state index contributed by atoms with van der Waals surface area (Å²) in [5.74, 6) is -0.0510. The lowest BCUT2D eigenvalue weighted by atomic mass is 10.3. The van der Waals surface area contributed by atoms with E-state index in [1.807, 2.05) is 6.07 Å². The van der Waals surface area contributed by atoms with E-state index < -0.39 is 15.7 Å². The molecule has 84 valence electrons. The van der Waals surface area contributed by atoms with Gasteiger partial charge in [0.05, 0.1) is 27.7 Å². The first-order valence-electron chi connectivity index (χ1n) is 4.57. The average molecular weight is 238 g/mol. The molecule has 0 saturated heterocycles. The molecule has 0 bridgehead atoms. The quantitative estimate of drug-likeness (QED) is 0.592. The van der Waals surface area contributed by atoms with Gasteiger partial charge >= 0.3 is 0 Å². The number of rotatable bonds is 4. The third-order valence-electron chi connectivity index (χ3n) is 1.93. The van der Waals surface area contributed by atoms with Crippen molar-refractivity contribution in [2.75, 3.05) is 5.75 Å². The van der Waals surface area contributed by atoms with Crippen LogP contribution in [0.3, 0.4) is 0 Å². The van der Waals surface area contributed by atoms with Crippen LogP contribution in [0.1, 0.15) is 6.92 Å². The number of nitro benzene ring substituents is 1. The van der Waals surface area contributed by atoms with Gasteiger partial charge in [0.1, 0.15) is 0 Å². The minimum atomic E-state index is -1.28. The van der Waals surface area contributed by atoms with E-state index >= 15 is 0 Å². The molecule has 16 heavy (non-hydrogen) atoms. The zero-order chi connectivity index (χ0) is 12.1. The lowest BCUT2D eigenvalue weighted by Gasteiger charge is -2.02. The molecule has 0 fully saturated rings. The maximum absolute atomic E-state index is 11.7. The van der Waals surface area contributed by atoms with Crippen LogP contribution >= 0.6 is 0 Å². The summed E-state index contributed by atoms with van der Waals surface area (Å²) in [7, 11) is -1.28. The first kappa shape index (κ1) is 12.3. The maximum Gasteiger partial charge on any atom is 0.269 e. The molecule has 0 aliphatic rings. The van der Waals surface area contributed by atoms with E-state index in [9.17, 15) is 14.3 Å². The van der Waals surface area contributed by atoms with Crippen LogP contribution < -0.4 is 0 Å². The zero-order valence-electron chi connectivity index (χ0n) is 8.62. The first-order chi connectivity index (χ1) is 7.54. The van der Waals surface area contributed by atoms with Crippen molar-refractivity contribution >= 4 is 16.5 Å². The number of hydrogen-bond acceptors (Lipinski definition) is 4. The van der Waals surface area contributed by atoms with Crippen molar-refractivity contribution in [3.63, 3.8) is 0 Å². The van der Waals surface area contributed by atoms with Crippen molar-refractivity contribution in [3.05, 3.63) is 34.4 Å². The smallest absolute Gasteiger partial charge is 0.258 e. The fourth-order valence-electron chi connectivity index (χ4n) is 1.08. The molecule has 0 spiro atoms. The van der Waals surface area contributed by atoms with Crippen molar-refractivity contribution in [3.8, 4) is 6.07 Å². The van der Waals surface area contributed by atoms with Gasteiger partial charge in [0.2, 0.25) is 0 Å². The summed E-state index contributed by atoms with van der Waals surface area (Å²) in [4.78, 5) is 10.4. The van der Waals surface area contributed by atoms with E-state index in [0.29, 0.717) is 4.90 Å². The van der Waals surface area contributed by atoms with E-state index in [1.165, 1.54) is 24.3 Å². The fraction of sp³-hybridized carbons (Fsp3) is 0.300. The summed E-state index contributed by atoms with van der Waals surface area (Å²) < 4.78 is 11.7. The van der Waals surface area contributed by atoms with Gasteiger partial charge in [-0.1, -0.05) is 0 Å². The summed E-state index contributed by atoms with van der Waals surface area (Å²) >= 11 is 0. The van der Waals surface area contributed by atoms with Crippen LogP contribution in [0.5, 0.6) is 0 Å². The number of nitrogens with zero attached hydrogens (tertiary/aromatic N) is 2. The number of nitriles is 1. The Hall–Kier alpha value is -1.74. The maximum atomic E-state index is 11.7. The number of nitro groups is 1. The lowest BCUT2D eigenvalue weighted by Crippen LogP contribution is -2.06. The lowest BCUT2D eigenvalue weighted by molar-refractivity contribution is -0.384. The molecule has 1 rings (SSSR count). The Bertz CT molecular complexity index is 450. The highest BCUT2D eigenvalue weighted by Crippen LogP contribution is 2.15. The van der Waals surface area contributed by atoms with Gasteiger partial charge < -0.3 is 0 Å². The molecule has 1 aromatic carbocycles. The summed E-state index contributed by atoms with van der Waals surface area (Å²) in [6.45, 7) is 1.68. The molecule has 0 aliphatic heterocycles. The Kier molecular flexibility index (Phi) is 4.14. The second-order valence-corrected chi connectivity index (χ2v) is 4.79. The van der Waals surface area contributed by atoms with Crippen LogP contribution in [0, 0.1) is 27.4 Å². The molecule has 5 nitrogen and oxygen atoms in total. The van der Waals surface area contributed by atoms with Gasteiger partial charge in [0, 0.05) is 22.8 Å². The molecule has 0 N–H and O–H groups in total. The Balaban J connectivity index is 2.79. The number of benzene rings is 1. The third kappa shape index (κ3) is 3.14. The van der Waals surface area contributed by atoms with E-state index in [2.05, 4.69) is 0 Å². The summed E-state index contributed by atoms with van der Waals surface area (Å²) in [6, 6.07) is 7.53. The van der Waals surface area contributed by atoms with Gasteiger partial charge in [0.25, 0.3) is 5.69 Å². The average Bonchev–Trinajstić information content (AvgIpc) is 2.28. The molecule has 0 aliphatic carbocycles. The van der Waals surface area contributed by atoms with Gasteiger partial charge in [0.15, 0.2) is 0 Å². The molecule has 0 aromatic heterocycles. The minimum Gasteiger partial charge on any atom is -0.258 e. The highest BCUT2D eigenvalue weighted by atomic mass is 32.2. The summed E-state index contributed by atoms with van der Waals surface area (Å²) in [5.41, 5.74) is -0.0333. The third-order valence-corrected chi connectivity index (χ3v) is 3.53. The van der Waals surface area contributed by atoms with Crippen LogP contribution in [0.4, 0.5) is 5.69 Å². The Morgan fingerprint density at radius 1 is 1.50 bits per heavy atom. The normalized spacial score (nSPS) is 13.8. The van der Waals surface area contributed by atoms with Crippen molar-refractivity contribution in [1.29, 1.82) is 5.26 Å². The van der Waals surface area contributed by atoms with E-state index in [-0.39, 0.29) is 17.4 Å². The molecule has 0 radical (unpaired) electrons. The van der Waals surface area contributed by atoms with E-state index in [0.717, 1.165) is 0 Å². The summed E-state index contributed by atoms with van der Waals surface area (Å²) in [5, 5.41) is 19.0. The minimum absolute atomic E-state index is 0.0333. The Labute approximate surface area is 95.3 Å². The first-order valence-corrected chi connectivity index (χ1v) is 5.89. The van der Waals surface area contributed by atoms with Gasteiger partial charge in [-0.15, -0.1) is 0 Å². The van der Waals surface area contributed by atoms with Crippen LogP contribution in [-0.4, -0.2) is 14.9 Å². The van der Waals surface area contributed by atoms with E-state index in [1.54, 1.807) is 6.92 Å². The van der Waals surface area contributed by atoms with Gasteiger partial charge in [-0.2, -0.15) is 5.26 Å². The van der Waals surface area contributed by atoms with Crippen LogP contribution in [0.2, 0.25) is 0 Å². The molecule has 0 amide bonds. The molecule has 0 heterocycles. The second kappa shape index (κ2) is 5.37. The van der Waals surface area contributed by atoms with Crippen LogP contribution in [0.15, 0.2) is 29.2 Å². The summed E-state index contributed by atoms with van der Waals surface area (Å²) in [6.07, 6.45) is 0. The zero-order valence-corrected chi connectivity index (χ0v) is 9.44. The molecular formula is C10H10N2O3S. The Morgan fingerprint density at radius 3 is 2.50 bits per heavy atom. The Morgan fingerprint density at radius 2 is 2.06 bits per heavy atom. The number of non-ortho nitro benzene ring substituents is 1. The predicted octanol–water partition coefficient (Wildman–Crippen LogP) is 1.86. The molecule has 0 saturated carbocycles. The van der Waals surface area contributed by atoms with Gasteiger partial charge in [-0.3, -0.25) is 14.3 Å². The monoisotopic (exact) mass is 238 g/mol. The molecule has 1 aromatic rings. The number of hydrogen-bond donors (Lipinski definition) is 0. The van der Waals surface area contributed by atoms with Gasteiger partial charge in [-0.05, 0) is 19.1 Å². The molecule has 6 heteroatoms. The van der Waals surface area contributed by atoms with Crippen molar-refractivity contribution in [1.82, 2.24) is 0 Å². The second-order valence-electron chi connectivity index (χ2n) is 3.29. The van der Waals surface area contributed by atoms with Crippen LogP contribution in [-0.2, 0) is 10.8 Å². The van der Waals surface area contributed by atoms with Crippen LogP contribution in [0.25, 0.3) is 0 Å². The highest BCUT2D eigenvalue weighted by molar-refractivity contribution is 7.85. The topological polar surface area (TPSA) is 84.0 Å².